The third kappa shape index (κ3) is 5.07. The van der Waals surface area contributed by atoms with Gasteiger partial charge in [0.1, 0.15) is 5.75 Å². The van der Waals surface area contributed by atoms with Crippen LogP contribution in [-0.2, 0) is 6.42 Å². The first-order chi connectivity index (χ1) is 8.67. The lowest BCUT2D eigenvalue weighted by atomic mass is 10.1. The number of phenolic OH excluding ortho intramolecular Hbond substituents is 1. The van der Waals surface area contributed by atoms with E-state index in [2.05, 4.69) is 18.7 Å². The molecule has 0 aliphatic carbocycles. The van der Waals surface area contributed by atoms with Gasteiger partial charge in [0, 0.05) is 12.6 Å². The first kappa shape index (κ1) is 15.0. The Balaban J connectivity index is 2.45. The van der Waals surface area contributed by atoms with E-state index < -0.39 is 0 Å². The van der Waals surface area contributed by atoms with Gasteiger partial charge in [0.15, 0.2) is 0 Å². The Morgan fingerprint density at radius 1 is 1.17 bits per heavy atom. The standard InChI is InChI=1S/C15H25NO2/c1-3-16(10-4-5-11-17)13(2)12-14-6-8-15(18)9-7-14/h6-9,13,17-18H,3-5,10-12H2,1-2H3/t13-/m1/s1. The highest BCUT2D eigenvalue weighted by molar-refractivity contribution is 5.26. The van der Waals surface area contributed by atoms with Gasteiger partial charge in [-0.2, -0.15) is 0 Å². The third-order valence-electron chi connectivity index (χ3n) is 3.35. The number of likely N-dealkylation sites (N-methyl/N-ethyl adjacent to an activating group) is 1. The van der Waals surface area contributed by atoms with E-state index in [-0.39, 0.29) is 6.61 Å². The summed E-state index contributed by atoms with van der Waals surface area (Å²) in [6.07, 6.45) is 2.92. The van der Waals surface area contributed by atoms with Gasteiger partial charge in [-0.25, -0.2) is 0 Å². The molecule has 0 unspecified atom stereocenters. The number of benzene rings is 1. The number of hydrogen-bond donors (Lipinski definition) is 2. The Hall–Kier alpha value is -1.06. The van der Waals surface area contributed by atoms with Gasteiger partial charge in [0.25, 0.3) is 0 Å². The van der Waals surface area contributed by atoms with Crippen LogP contribution in [0.3, 0.4) is 0 Å². The number of hydrogen-bond acceptors (Lipinski definition) is 3. The molecule has 0 fully saturated rings. The zero-order valence-corrected chi connectivity index (χ0v) is 11.5. The van der Waals surface area contributed by atoms with Crippen molar-refractivity contribution in [1.29, 1.82) is 0 Å². The Labute approximate surface area is 110 Å². The molecule has 18 heavy (non-hydrogen) atoms. The number of unbranched alkanes of at least 4 members (excludes halogenated alkanes) is 1. The summed E-state index contributed by atoms with van der Waals surface area (Å²) in [6.45, 7) is 6.76. The third-order valence-corrected chi connectivity index (χ3v) is 3.35. The Bertz CT molecular complexity index is 324. The average molecular weight is 251 g/mol. The molecular weight excluding hydrogens is 226 g/mol. The zero-order valence-electron chi connectivity index (χ0n) is 11.5. The highest BCUT2D eigenvalue weighted by Crippen LogP contribution is 2.13. The van der Waals surface area contributed by atoms with E-state index in [0.717, 1.165) is 32.4 Å². The minimum Gasteiger partial charge on any atom is -0.508 e. The van der Waals surface area contributed by atoms with Crippen LogP contribution in [0.25, 0.3) is 0 Å². The number of aromatic hydroxyl groups is 1. The largest absolute Gasteiger partial charge is 0.508 e. The van der Waals surface area contributed by atoms with Crippen molar-refractivity contribution < 1.29 is 10.2 Å². The van der Waals surface area contributed by atoms with Gasteiger partial charge in [0.2, 0.25) is 0 Å². The molecule has 1 aromatic carbocycles. The number of phenols is 1. The van der Waals surface area contributed by atoms with Crippen LogP contribution in [-0.4, -0.2) is 40.9 Å². The molecule has 3 heteroatoms. The van der Waals surface area contributed by atoms with Crippen LogP contribution < -0.4 is 0 Å². The minimum atomic E-state index is 0.282. The SMILES string of the molecule is CCN(CCCCO)[C@H](C)Cc1ccc(O)cc1. The quantitative estimate of drug-likeness (QED) is 0.697. The van der Waals surface area contributed by atoms with Crippen LogP contribution in [0.2, 0.25) is 0 Å². The van der Waals surface area contributed by atoms with Crippen molar-refractivity contribution >= 4 is 0 Å². The number of rotatable bonds is 8. The molecule has 0 aromatic heterocycles. The van der Waals surface area contributed by atoms with E-state index in [1.807, 2.05) is 12.1 Å². The number of nitrogens with zero attached hydrogens (tertiary/aromatic N) is 1. The van der Waals surface area contributed by atoms with Gasteiger partial charge in [0.05, 0.1) is 0 Å². The lowest BCUT2D eigenvalue weighted by Crippen LogP contribution is -2.35. The van der Waals surface area contributed by atoms with Gasteiger partial charge in [-0.1, -0.05) is 19.1 Å². The molecule has 0 saturated carbocycles. The summed E-state index contributed by atoms with van der Waals surface area (Å²) >= 11 is 0. The summed E-state index contributed by atoms with van der Waals surface area (Å²) in [4.78, 5) is 2.43. The summed E-state index contributed by atoms with van der Waals surface area (Å²) < 4.78 is 0. The van der Waals surface area contributed by atoms with E-state index in [4.69, 9.17) is 5.11 Å². The number of aliphatic hydroxyl groups is 1. The molecule has 2 N–H and O–H groups in total. The molecule has 0 saturated heterocycles. The number of aliphatic hydroxyl groups excluding tert-OH is 1. The van der Waals surface area contributed by atoms with E-state index in [0.29, 0.717) is 11.8 Å². The molecule has 0 aliphatic rings. The molecule has 0 aliphatic heterocycles. The fraction of sp³-hybridized carbons (Fsp3) is 0.600. The van der Waals surface area contributed by atoms with Crippen LogP contribution in [0.5, 0.6) is 5.75 Å². The first-order valence-corrected chi connectivity index (χ1v) is 6.80. The summed E-state index contributed by atoms with van der Waals surface area (Å²) in [6, 6.07) is 7.92. The molecule has 1 atom stereocenters. The maximum Gasteiger partial charge on any atom is 0.115 e. The molecule has 0 bridgehead atoms. The molecule has 102 valence electrons. The second kappa shape index (κ2) is 8.11. The maximum atomic E-state index is 9.26. The predicted octanol–water partition coefficient (Wildman–Crippen LogP) is 2.42. The van der Waals surface area contributed by atoms with Crippen molar-refractivity contribution in [2.45, 2.75) is 39.2 Å². The highest BCUT2D eigenvalue weighted by Gasteiger charge is 2.12. The molecule has 1 rings (SSSR count). The minimum absolute atomic E-state index is 0.282. The second-order valence-corrected chi connectivity index (χ2v) is 4.78. The summed E-state index contributed by atoms with van der Waals surface area (Å²) in [5.41, 5.74) is 1.25. The lowest BCUT2D eigenvalue weighted by Gasteiger charge is -2.28. The van der Waals surface area contributed by atoms with Crippen molar-refractivity contribution in [3.05, 3.63) is 29.8 Å². The van der Waals surface area contributed by atoms with Crippen LogP contribution in [0, 0.1) is 0 Å². The smallest absolute Gasteiger partial charge is 0.115 e. The Morgan fingerprint density at radius 2 is 1.83 bits per heavy atom. The van der Waals surface area contributed by atoms with Crippen molar-refractivity contribution in [3.8, 4) is 5.75 Å². The normalized spacial score (nSPS) is 12.9. The van der Waals surface area contributed by atoms with Crippen LogP contribution in [0.4, 0.5) is 0 Å². The Kier molecular flexibility index (Phi) is 6.76. The zero-order chi connectivity index (χ0) is 13.4. The monoisotopic (exact) mass is 251 g/mol. The van der Waals surface area contributed by atoms with Crippen LogP contribution in [0.1, 0.15) is 32.3 Å². The van der Waals surface area contributed by atoms with E-state index >= 15 is 0 Å². The van der Waals surface area contributed by atoms with Gasteiger partial charge in [-0.05, 0) is 57.0 Å². The molecule has 0 amide bonds. The molecular formula is C15H25NO2. The summed E-state index contributed by atoms with van der Waals surface area (Å²) in [5, 5.41) is 18.1. The van der Waals surface area contributed by atoms with Gasteiger partial charge >= 0.3 is 0 Å². The Morgan fingerprint density at radius 3 is 2.39 bits per heavy atom. The van der Waals surface area contributed by atoms with Crippen molar-refractivity contribution in [2.24, 2.45) is 0 Å². The van der Waals surface area contributed by atoms with E-state index in [1.54, 1.807) is 12.1 Å². The molecule has 0 heterocycles. The molecule has 1 aromatic rings. The summed E-state index contributed by atoms with van der Waals surface area (Å²) in [5.74, 6) is 0.321. The van der Waals surface area contributed by atoms with Crippen LogP contribution in [0.15, 0.2) is 24.3 Å². The van der Waals surface area contributed by atoms with Gasteiger partial charge in [-0.15, -0.1) is 0 Å². The first-order valence-electron chi connectivity index (χ1n) is 6.80. The fourth-order valence-corrected chi connectivity index (χ4v) is 2.22. The van der Waals surface area contributed by atoms with Crippen molar-refractivity contribution in [1.82, 2.24) is 4.90 Å². The highest BCUT2D eigenvalue weighted by atomic mass is 16.3. The van der Waals surface area contributed by atoms with Crippen molar-refractivity contribution in [2.75, 3.05) is 19.7 Å². The fourth-order valence-electron chi connectivity index (χ4n) is 2.22. The molecule has 0 spiro atoms. The van der Waals surface area contributed by atoms with Crippen LogP contribution >= 0.6 is 0 Å². The van der Waals surface area contributed by atoms with Gasteiger partial charge < -0.3 is 15.1 Å². The lowest BCUT2D eigenvalue weighted by molar-refractivity contribution is 0.203. The van der Waals surface area contributed by atoms with E-state index in [9.17, 15) is 5.11 Å². The maximum absolute atomic E-state index is 9.26. The van der Waals surface area contributed by atoms with E-state index in [1.165, 1.54) is 5.56 Å². The molecule has 0 radical (unpaired) electrons. The molecule has 3 nitrogen and oxygen atoms in total. The van der Waals surface area contributed by atoms with Gasteiger partial charge in [-0.3, -0.25) is 0 Å². The predicted molar refractivity (Wildman–Crippen MR) is 74.8 cm³/mol. The van der Waals surface area contributed by atoms with Crippen molar-refractivity contribution in [3.63, 3.8) is 0 Å². The average Bonchev–Trinajstić information content (AvgIpc) is 2.37. The second-order valence-electron chi connectivity index (χ2n) is 4.78. The topological polar surface area (TPSA) is 43.7 Å². The summed E-state index contributed by atoms with van der Waals surface area (Å²) in [7, 11) is 0.